The highest BCUT2D eigenvalue weighted by atomic mass is 32.2. The van der Waals surface area contributed by atoms with Crippen molar-refractivity contribution in [2.75, 3.05) is 45.0 Å². The first-order valence-electron chi connectivity index (χ1n) is 12.2. The molecule has 0 aromatic carbocycles. The molecule has 0 aromatic heterocycles. The molecule has 0 aliphatic carbocycles. The molecule has 1 atom stereocenters. The van der Waals surface area contributed by atoms with E-state index in [1.54, 1.807) is 9.80 Å². The SMILES string of the molecule is C.CC(=O)CC(=O)NS(=O)(=O)[O-].CC1=CC(=O)CS(=O)(=O)O1.CC[NH+](CC)CC.CC[NH+](CC)CC.O=S([O-])O[O-]. The van der Waals surface area contributed by atoms with Crippen molar-refractivity contribution in [2.24, 2.45) is 0 Å². The number of rotatable bonds is 10. The Labute approximate surface area is 247 Å². The van der Waals surface area contributed by atoms with Gasteiger partial charge in [0.2, 0.25) is 5.91 Å². The highest BCUT2D eigenvalue weighted by Gasteiger charge is 2.22. The molecule has 1 rings (SSSR count). The van der Waals surface area contributed by atoms with Gasteiger partial charge in [-0.15, -0.1) is 0 Å². The molecular weight excluding hydrogens is 610 g/mol. The Kier molecular flexibility index (Phi) is 33.7. The number of carbonyl (C=O) groups is 3. The Balaban J connectivity index is -0.000000134. The standard InChI is InChI=1S/2C6H15N.C5H6O4S.C4H7NO5S.CH4.H2O4S/c2*1-4-7(5-2)6-3;1-4-2-5(6)3-10(7,8)9-4;1-3(6)2-4(7)5-11(8,9)10;;1-4-5(2)3/h2*4-6H2,1-3H3;2H,3H2,1H3;2H2,1H3,(H,5,7)(H,8,9,10);1H4;1H,(H,2,3)/p-1. The van der Waals surface area contributed by atoms with Gasteiger partial charge < -0.3 is 32.7 Å². The summed E-state index contributed by atoms with van der Waals surface area (Å²) in [7, 11) is -8.37. The molecule has 0 radical (unpaired) electrons. The number of quaternary nitrogens is 2. The smallest absolute Gasteiger partial charge is 0.316 e. The van der Waals surface area contributed by atoms with Crippen molar-refractivity contribution >= 4 is 49.3 Å². The zero-order chi connectivity index (χ0) is 32.5. The molecule has 1 heterocycles. The maximum Gasteiger partial charge on any atom is 0.316 e. The number of hydrogen-bond donors (Lipinski definition) is 3. The molecule has 0 saturated carbocycles. The minimum Gasteiger partial charge on any atom is -0.750 e. The number of amides is 1. The van der Waals surface area contributed by atoms with Crippen LogP contribution < -0.4 is 19.8 Å². The van der Waals surface area contributed by atoms with E-state index in [9.17, 15) is 35.8 Å². The van der Waals surface area contributed by atoms with Gasteiger partial charge in [0.15, 0.2) is 16.1 Å². The number of ketones is 2. The topological polar surface area (TPSA) is 245 Å². The molecular formula is C22H48N3O13S3-. The molecule has 248 valence electrons. The quantitative estimate of drug-likeness (QED) is 0.0527. The van der Waals surface area contributed by atoms with Gasteiger partial charge >= 0.3 is 10.1 Å². The average molecular weight is 659 g/mol. The number of hydrogen-bond acceptors (Lipinski definition) is 13. The summed E-state index contributed by atoms with van der Waals surface area (Å²) >= 11 is -2.88. The molecule has 0 fully saturated rings. The van der Waals surface area contributed by atoms with Gasteiger partial charge in [0.1, 0.15) is 17.3 Å². The van der Waals surface area contributed by atoms with Crippen molar-refractivity contribution in [3.05, 3.63) is 11.8 Å². The fourth-order valence-corrected chi connectivity index (χ4v) is 3.89. The van der Waals surface area contributed by atoms with Crippen LogP contribution in [0, 0.1) is 0 Å². The molecule has 1 unspecified atom stereocenters. The minimum atomic E-state index is -4.77. The van der Waals surface area contributed by atoms with Crippen molar-refractivity contribution in [2.45, 2.75) is 69.2 Å². The van der Waals surface area contributed by atoms with E-state index >= 15 is 0 Å². The second kappa shape index (κ2) is 28.3. The molecule has 1 aliphatic heterocycles. The van der Waals surface area contributed by atoms with Crippen LogP contribution in [-0.2, 0) is 54.7 Å². The Bertz CT molecular complexity index is 955. The summed E-state index contributed by atoms with van der Waals surface area (Å²) in [4.78, 5) is 34.5. The maximum atomic E-state index is 10.6. The number of carbonyl (C=O) groups excluding carboxylic acids is 3. The van der Waals surface area contributed by atoms with Gasteiger partial charge in [0.25, 0.3) is 0 Å². The summed E-state index contributed by atoms with van der Waals surface area (Å²) in [5.41, 5.74) is 0. The second-order valence-corrected chi connectivity index (χ2v) is 11.0. The van der Waals surface area contributed by atoms with Gasteiger partial charge in [0.05, 0.1) is 57.1 Å². The highest BCUT2D eigenvalue weighted by Crippen LogP contribution is 2.09. The van der Waals surface area contributed by atoms with Crippen molar-refractivity contribution in [3.8, 4) is 0 Å². The fourth-order valence-electron chi connectivity index (χ4n) is 2.60. The van der Waals surface area contributed by atoms with Crippen LogP contribution in [0.5, 0.6) is 0 Å². The molecule has 1 aliphatic rings. The Morgan fingerprint density at radius 2 is 1.37 bits per heavy atom. The third-order valence-electron chi connectivity index (χ3n) is 4.65. The number of Topliss-reactive ketones (excluding diaryl/α,β-unsaturated/α-hetero) is 1. The zero-order valence-electron chi connectivity index (χ0n) is 24.3. The van der Waals surface area contributed by atoms with Gasteiger partial charge in [-0.05, 0) is 55.4 Å². The highest BCUT2D eigenvalue weighted by molar-refractivity contribution is 7.87. The normalized spacial score (nSPS) is 13.9. The fraction of sp³-hybridized carbons (Fsp3) is 0.773. The van der Waals surface area contributed by atoms with Crippen LogP contribution in [-0.4, -0.2) is 92.6 Å². The molecule has 16 nitrogen and oxygen atoms in total. The first-order valence-corrected chi connectivity index (χ1v) is 16.2. The summed E-state index contributed by atoms with van der Waals surface area (Å²) in [6, 6.07) is 0. The molecule has 0 bridgehead atoms. The molecule has 1 amide bonds. The molecule has 0 aromatic rings. The maximum absolute atomic E-state index is 10.6. The van der Waals surface area contributed by atoms with E-state index in [1.165, 1.54) is 52.3 Å². The summed E-state index contributed by atoms with van der Waals surface area (Å²) < 4.78 is 76.2. The lowest BCUT2D eigenvalue weighted by Gasteiger charge is -2.10. The largest absolute Gasteiger partial charge is 0.750 e. The van der Waals surface area contributed by atoms with E-state index in [1.807, 2.05) is 0 Å². The van der Waals surface area contributed by atoms with E-state index in [0.29, 0.717) is 0 Å². The molecule has 0 spiro atoms. The van der Waals surface area contributed by atoms with Gasteiger partial charge in [0, 0.05) is 6.08 Å². The minimum absolute atomic E-state index is 0. The van der Waals surface area contributed by atoms with Crippen molar-refractivity contribution in [3.63, 3.8) is 0 Å². The van der Waals surface area contributed by atoms with Crippen LogP contribution in [0.25, 0.3) is 0 Å². The summed E-state index contributed by atoms with van der Waals surface area (Å²) in [6.07, 6.45) is 0.572. The lowest BCUT2D eigenvalue weighted by atomic mass is 10.3. The van der Waals surface area contributed by atoms with Crippen molar-refractivity contribution in [1.29, 1.82) is 0 Å². The average Bonchev–Trinajstić information content (AvgIpc) is 2.79. The van der Waals surface area contributed by atoms with Crippen LogP contribution in [0.4, 0.5) is 0 Å². The summed E-state index contributed by atoms with van der Waals surface area (Å²) in [5.74, 6) is -2.44. The molecule has 0 saturated heterocycles. The van der Waals surface area contributed by atoms with Gasteiger partial charge in [-0.3, -0.25) is 19.1 Å². The van der Waals surface area contributed by atoms with E-state index in [-0.39, 0.29) is 13.2 Å². The van der Waals surface area contributed by atoms with E-state index in [4.69, 9.17) is 14.0 Å². The molecule has 19 heteroatoms. The van der Waals surface area contributed by atoms with Crippen LogP contribution >= 0.6 is 0 Å². The first-order chi connectivity index (χ1) is 18.3. The zero-order valence-corrected chi connectivity index (χ0v) is 26.7. The number of allylic oxidation sites excluding steroid dienone is 2. The Hall–Kier alpha value is -1.84. The second-order valence-electron chi connectivity index (χ2n) is 7.76. The van der Waals surface area contributed by atoms with Crippen molar-refractivity contribution in [1.82, 2.24) is 4.72 Å². The summed E-state index contributed by atoms with van der Waals surface area (Å²) in [6.45, 7) is 23.5. The van der Waals surface area contributed by atoms with Gasteiger partial charge in [-0.25, -0.2) is 12.6 Å². The molecule has 41 heavy (non-hydrogen) atoms. The van der Waals surface area contributed by atoms with Gasteiger partial charge in [-0.2, -0.15) is 8.42 Å². The predicted octanol–water partition coefficient (Wildman–Crippen LogP) is -3.07. The van der Waals surface area contributed by atoms with Crippen LogP contribution in [0.2, 0.25) is 0 Å². The van der Waals surface area contributed by atoms with Crippen LogP contribution in [0.1, 0.15) is 69.2 Å². The third kappa shape index (κ3) is 40.4. The van der Waals surface area contributed by atoms with E-state index in [0.717, 1.165) is 11.6 Å². The lowest BCUT2D eigenvalue weighted by molar-refractivity contribution is -0.894. The third-order valence-corrected chi connectivity index (χ3v) is 6.39. The molecule has 3 N–H and O–H groups in total. The van der Waals surface area contributed by atoms with E-state index in [2.05, 4.69) is 50.1 Å². The van der Waals surface area contributed by atoms with Crippen LogP contribution in [0.3, 0.4) is 0 Å². The van der Waals surface area contributed by atoms with E-state index < -0.39 is 61.4 Å². The van der Waals surface area contributed by atoms with Gasteiger partial charge in [-0.1, -0.05) is 7.43 Å². The Morgan fingerprint density at radius 3 is 1.54 bits per heavy atom. The van der Waals surface area contributed by atoms with Crippen molar-refractivity contribution < 1.29 is 68.1 Å². The lowest BCUT2D eigenvalue weighted by Crippen LogP contribution is -3.11. The van der Waals surface area contributed by atoms with Crippen LogP contribution in [0.15, 0.2) is 11.8 Å². The summed E-state index contributed by atoms with van der Waals surface area (Å²) in [5, 5.41) is 8.52. The number of nitrogens with one attached hydrogen (secondary N) is 3. The first kappa shape index (κ1) is 48.9. The predicted molar refractivity (Wildman–Crippen MR) is 149 cm³/mol. The Morgan fingerprint density at radius 1 is 1.02 bits per heavy atom. The monoisotopic (exact) mass is 658 g/mol.